The maximum Gasteiger partial charge on any atom is 0.429 e. The molecule has 2 saturated heterocycles. The Morgan fingerprint density at radius 3 is 2.49 bits per heavy atom. The summed E-state index contributed by atoms with van der Waals surface area (Å²) in [6.07, 6.45) is -2.54. The first kappa shape index (κ1) is 37.6. The van der Waals surface area contributed by atoms with Crippen LogP contribution in [0.25, 0.3) is 16.8 Å². The van der Waals surface area contributed by atoms with Gasteiger partial charge in [0.1, 0.15) is 11.9 Å². The zero-order valence-electron chi connectivity index (χ0n) is 29.9. The van der Waals surface area contributed by atoms with Crippen molar-refractivity contribution in [1.82, 2.24) is 25.1 Å². The summed E-state index contributed by atoms with van der Waals surface area (Å²) < 4.78 is 57.7. The van der Waals surface area contributed by atoms with Crippen molar-refractivity contribution in [3.8, 4) is 22.7 Å². The SMILES string of the molecule is CCOC(=O)CCc1cccc(-c2ccc(-n3ccc(C)n3)c([C@@H](Oc3cc(N4CCC5(CC4)CC(C(=O)O)NC5CC)nc(N)n3)C(F)(F)F)c2)c1. The summed E-state index contributed by atoms with van der Waals surface area (Å²) in [4.78, 5) is 34.0. The summed E-state index contributed by atoms with van der Waals surface area (Å²) in [5.74, 6) is -1.46. The minimum absolute atomic E-state index is 0.0447. The van der Waals surface area contributed by atoms with Crippen molar-refractivity contribution in [2.45, 2.75) is 83.7 Å². The number of nitrogens with zero attached hydrogens (tertiary/aromatic N) is 5. The van der Waals surface area contributed by atoms with Gasteiger partial charge in [-0.1, -0.05) is 37.3 Å². The number of hydrogen-bond acceptors (Lipinski definition) is 10. The lowest BCUT2D eigenvalue weighted by atomic mass is 9.71. The van der Waals surface area contributed by atoms with E-state index in [0.29, 0.717) is 61.4 Å². The molecular weight excluding hydrogens is 691 g/mol. The molecule has 2 aromatic heterocycles. The Bertz CT molecular complexity index is 1940. The van der Waals surface area contributed by atoms with Gasteiger partial charge < -0.3 is 30.5 Å². The van der Waals surface area contributed by atoms with Crippen molar-refractivity contribution in [3.63, 3.8) is 0 Å². The number of rotatable bonds is 12. The van der Waals surface area contributed by atoms with E-state index in [1.807, 2.05) is 24.0 Å². The van der Waals surface area contributed by atoms with Crippen LogP contribution in [0.4, 0.5) is 24.9 Å². The van der Waals surface area contributed by atoms with Crippen LogP contribution in [-0.2, 0) is 20.7 Å². The number of hydrogen-bond donors (Lipinski definition) is 3. The van der Waals surface area contributed by atoms with Gasteiger partial charge in [-0.05, 0) is 86.3 Å². The summed E-state index contributed by atoms with van der Waals surface area (Å²) in [5, 5.41) is 17.3. The lowest BCUT2D eigenvalue weighted by Crippen LogP contribution is -2.46. The van der Waals surface area contributed by atoms with Gasteiger partial charge in [0.15, 0.2) is 0 Å². The Morgan fingerprint density at radius 1 is 1.08 bits per heavy atom. The number of nitrogens with one attached hydrogen (secondary N) is 1. The molecule has 2 aliphatic heterocycles. The highest BCUT2D eigenvalue weighted by atomic mass is 19.4. The molecule has 0 bridgehead atoms. The van der Waals surface area contributed by atoms with Crippen LogP contribution in [-0.4, -0.2) is 74.7 Å². The Kier molecular flexibility index (Phi) is 10.9. The van der Waals surface area contributed by atoms with Crippen LogP contribution >= 0.6 is 0 Å². The number of alkyl halides is 3. The third-order valence-corrected chi connectivity index (χ3v) is 10.2. The third kappa shape index (κ3) is 8.40. The molecule has 12 nitrogen and oxygen atoms in total. The molecule has 2 unspecified atom stereocenters. The molecule has 2 aromatic carbocycles. The lowest BCUT2D eigenvalue weighted by Gasteiger charge is -2.43. The van der Waals surface area contributed by atoms with Crippen LogP contribution in [0.5, 0.6) is 5.88 Å². The smallest absolute Gasteiger partial charge is 0.429 e. The number of nitrogens with two attached hydrogens (primary N) is 1. The molecule has 1 spiro atoms. The molecule has 4 N–H and O–H groups in total. The van der Waals surface area contributed by atoms with Gasteiger partial charge in [-0.2, -0.15) is 28.2 Å². The van der Waals surface area contributed by atoms with Crippen molar-refractivity contribution < 1.29 is 37.3 Å². The van der Waals surface area contributed by atoms with E-state index in [-0.39, 0.29) is 53.5 Å². The van der Waals surface area contributed by atoms with Crippen LogP contribution in [0.3, 0.4) is 0 Å². The number of esters is 1. The van der Waals surface area contributed by atoms with Crippen LogP contribution in [0.1, 0.15) is 68.9 Å². The molecule has 15 heteroatoms. The maximum absolute atomic E-state index is 15.2. The number of benzene rings is 2. The van der Waals surface area contributed by atoms with Gasteiger partial charge in [0.2, 0.25) is 17.9 Å². The number of carboxylic acids is 1. The first-order valence-electron chi connectivity index (χ1n) is 17.8. The fourth-order valence-corrected chi connectivity index (χ4v) is 7.64. The average molecular weight is 736 g/mol. The number of anilines is 2. The van der Waals surface area contributed by atoms with Gasteiger partial charge in [-0.15, -0.1) is 0 Å². The van der Waals surface area contributed by atoms with Crippen molar-refractivity contribution >= 4 is 23.7 Å². The minimum atomic E-state index is -4.89. The number of carbonyl (C=O) groups is 2. The summed E-state index contributed by atoms with van der Waals surface area (Å²) in [7, 11) is 0. The Balaban J connectivity index is 1.31. The van der Waals surface area contributed by atoms with Crippen LogP contribution in [0, 0.1) is 12.3 Å². The Morgan fingerprint density at radius 2 is 1.83 bits per heavy atom. The van der Waals surface area contributed by atoms with Crippen molar-refractivity contribution in [3.05, 3.63) is 77.6 Å². The second-order valence-corrected chi connectivity index (χ2v) is 13.7. The van der Waals surface area contributed by atoms with Gasteiger partial charge in [-0.3, -0.25) is 9.59 Å². The van der Waals surface area contributed by atoms with Gasteiger partial charge in [-0.25, -0.2) is 4.68 Å². The first-order chi connectivity index (χ1) is 25.3. The average Bonchev–Trinajstić information content (AvgIpc) is 3.72. The molecule has 3 atom stereocenters. The monoisotopic (exact) mass is 735 g/mol. The highest BCUT2D eigenvalue weighted by Crippen LogP contribution is 2.46. The number of nitrogen functional groups attached to an aromatic ring is 1. The molecule has 0 amide bonds. The maximum atomic E-state index is 15.2. The number of aromatic nitrogens is 4. The molecule has 0 saturated carbocycles. The van der Waals surface area contributed by atoms with E-state index in [2.05, 4.69) is 20.4 Å². The standard InChI is InChI=1S/C38H44F3N7O5/c1-4-30-37(22-28(43-30)35(50)51)14-17-47(18-15-37)31-21-32(45-36(42)44-31)53-34(38(39,40)41)27-20-26(10-11-29(27)48-16-13-23(3)46-48)25-8-6-7-24(19-25)9-12-33(49)52-5-2/h6-8,10-11,13,16,19-21,28,30,34,43H,4-5,9,12,14-15,17-18,22H2,1-3H3,(H,50,51)(H2,42,44,45)/t28?,30?,34-/m1/s1. The fraction of sp³-hybridized carbons (Fsp3) is 0.447. The molecule has 4 heterocycles. The zero-order valence-corrected chi connectivity index (χ0v) is 29.9. The Labute approximate surface area is 305 Å². The molecule has 4 aromatic rings. The minimum Gasteiger partial charge on any atom is -0.480 e. The molecule has 2 aliphatic rings. The molecular formula is C38H44F3N7O5. The summed E-state index contributed by atoms with van der Waals surface area (Å²) in [6.45, 7) is 6.80. The second kappa shape index (κ2) is 15.4. The first-order valence-corrected chi connectivity index (χ1v) is 17.8. The predicted molar refractivity (Wildman–Crippen MR) is 192 cm³/mol. The fourth-order valence-electron chi connectivity index (χ4n) is 7.64. The van der Waals surface area contributed by atoms with E-state index < -0.39 is 24.3 Å². The molecule has 6 rings (SSSR count). The summed E-state index contributed by atoms with van der Waals surface area (Å²) in [6, 6.07) is 14.5. The van der Waals surface area contributed by atoms with Crippen molar-refractivity contribution in [2.24, 2.45) is 5.41 Å². The van der Waals surface area contributed by atoms with E-state index >= 15 is 13.2 Å². The van der Waals surface area contributed by atoms with E-state index in [1.165, 1.54) is 16.8 Å². The van der Waals surface area contributed by atoms with Crippen LogP contribution in [0.15, 0.2) is 60.8 Å². The van der Waals surface area contributed by atoms with E-state index in [9.17, 15) is 14.7 Å². The van der Waals surface area contributed by atoms with Gasteiger partial charge in [0.25, 0.3) is 0 Å². The highest BCUT2D eigenvalue weighted by Gasteiger charge is 2.50. The third-order valence-electron chi connectivity index (χ3n) is 10.2. The predicted octanol–water partition coefficient (Wildman–Crippen LogP) is 6.21. The number of halogens is 3. The van der Waals surface area contributed by atoms with Crippen molar-refractivity contribution in [2.75, 3.05) is 30.3 Å². The largest absolute Gasteiger partial charge is 0.480 e. The topological polar surface area (TPSA) is 158 Å². The number of carbonyl (C=O) groups excluding carboxylic acids is 1. The van der Waals surface area contributed by atoms with E-state index in [0.717, 1.165) is 12.0 Å². The normalized spacial score (nSPS) is 18.9. The summed E-state index contributed by atoms with van der Waals surface area (Å²) in [5.41, 5.74) is 8.45. The van der Waals surface area contributed by atoms with Crippen LogP contribution in [0.2, 0.25) is 0 Å². The molecule has 2 fully saturated rings. The molecule has 53 heavy (non-hydrogen) atoms. The van der Waals surface area contributed by atoms with Crippen molar-refractivity contribution in [1.29, 1.82) is 0 Å². The lowest BCUT2D eigenvalue weighted by molar-refractivity contribution is -0.198. The zero-order chi connectivity index (χ0) is 37.9. The van der Waals surface area contributed by atoms with E-state index in [1.54, 1.807) is 50.4 Å². The molecule has 0 radical (unpaired) electrons. The van der Waals surface area contributed by atoms with Gasteiger partial charge >= 0.3 is 18.1 Å². The highest BCUT2D eigenvalue weighted by molar-refractivity contribution is 5.74. The number of ether oxygens (including phenoxy) is 2. The van der Waals surface area contributed by atoms with Gasteiger partial charge in [0.05, 0.1) is 18.0 Å². The number of piperidine rings is 1. The number of carboxylic acid groups (broad SMARTS) is 1. The molecule has 282 valence electrons. The van der Waals surface area contributed by atoms with E-state index in [4.69, 9.17) is 15.2 Å². The van der Waals surface area contributed by atoms with Gasteiger partial charge in [0, 0.05) is 43.4 Å². The van der Waals surface area contributed by atoms with Crippen LogP contribution < -0.4 is 20.7 Å². The summed E-state index contributed by atoms with van der Waals surface area (Å²) >= 11 is 0. The number of aryl methyl sites for hydroxylation is 2. The Hall–Kier alpha value is -5.18. The second-order valence-electron chi connectivity index (χ2n) is 13.7. The molecule has 0 aliphatic carbocycles. The quantitative estimate of drug-likeness (QED) is 0.142. The number of aliphatic carboxylic acids is 1.